The summed E-state index contributed by atoms with van der Waals surface area (Å²) in [6.07, 6.45) is -2.15. The van der Waals surface area contributed by atoms with Gasteiger partial charge in [0.15, 0.2) is 6.17 Å². The fourth-order valence-electron chi connectivity index (χ4n) is 0.505. The number of primary amides is 1. The van der Waals surface area contributed by atoms with Crippen molar-refractivity contribution in [3.05, 3.63) is 0 Å². The van der Waals surface area contributed by atoms with Gasteiger partial charge in [0, 0.05) is 6.42 Å². The Balaban J connectivity index is 3.84. The lowest BCUT2D eigenvalue weighted by atomic mass is 10.1. The van der Waals surface area contributed by atoms with Gasteiger partial charge in [0.1, 0.15) is 5.78 Å². The van der Waals surface area contributed by atoms with Crippen molar-refractivity contribution in [1.29, 1.82) is 0 Å². The SMILES string of the molecule is CC(=O)[C@@H](N)C[C@H](F)C(N)=O. The molecule has 2 atom stereocenters. The first-order valence-electron chi connectivity index (χ1n) is 3.14. The summed E-state index contributed by atoms with van der Waals surface area (Å²) in [4.78, 5) is 20.6. The third-order valence-corrected chi connectivity index (χ3v) is 1.29. The Morgan fingerprint density at radius 2 is 2.00 bits per heavy atom. The molecule has 0 aromatic rings. The molecule has 5 heteroatoms. The van der Waals surface area contributed by atoms with Crippen molar-refractivity contribution in [1.82, 2.24) is 0 Å². The summed E-state index contributed by atoms with van der Waals surface area (Å²) in [5.41, 5.74) is 9.76. The highest BCUT2D eigenvalue weighted by Crippen LogP contribution is 2.00. The van der Waals surface area contributed by atoms with E-state index >= 15 is 0 Å². The van der Waals surface area contributed by atoms with Gasteiger partial charge >= 0.3 is 0 Å². The van der Waals surface area contributed by atoms with Gasteiger partial charge in [0.2, 0.25) is 0 Å². The predicted octanol–water partition coefficient (Wildman–Crippen LogP) is -0.884. The number of Topliss-reactive ketones (excluding diaryl/α,β-unsaturated/α-hetero) is 1. The summed E-state index contributed by atoms with van der Waals surface area (Å²) < 4.78 is 12.4. The number of ketones is 1. The number of nitrogens with two attached hydrogens (primary N) is 2. The van der Waals surface area contributed by atoms with Crippen molar-refractivity contribution >= 4 is 11.7 Å². The van der Waals surface area contributed by atoms with E-state index in [0.29, 0.717) is 0 Å². The van der Waals surface area contributed by atoms with Crippen molar-refractivity contribution in [3.63, 3.8) is 0 Å². The zero-order valence-corrected chi connectivity index (χ0v) is 6.21. The molecule has 0 saturated carbocycles. The maximum absolute atomic E-state index is 12.4. The van der Waals surface area contributed by atoms with Gasteiger partial charge in [0.25, 0.3) is 5.91 Å². The minimum Gasteiger partial charge on any atom is -0.367 e. The molecule has 11 heavy (non-hydrogen) atoms. The smallest absolute Gasteiger partial charge is 0.252 e. The zero-order valence-electron chi connectivity index (χ0n) is 6.21. The van der Waals surface area contributed by atoms with Gasteiger partial charge in [-0.3, -0.25) is 9.59 Å². The molecule has 0 bridgehead atoms. The molecule has 4 nitrogen and oxygen atoms in total. The number of rotatable bonds is 4. The molecule has 0 aromatic heterocycles. The standard InChI is InChI=1S/C6H11FN2O2/c1-3(10)5(8)2-4(7)6(9)11/h4-5H,2,8H2,1H3,(H2,9,11)/t4-,5-/m0/s1. The van der Waals surface area contributed by atoms with Crippen molar-refractivity contribution in [3.8, 4) is 0 Å². The first kappa shape index (κ1) is 10.0. The number of amides is 1. The Labute approximate surface area is 63.7 Å². The second-order valence-electron chi connectivity index (χ2n) is 2.32. The predicted molar refractivity (Wildman–Crippen MR) is 37.4 cm³/mol. The topological polar surface area (TPSA) is 86.2 Å². The second-order valence-corrected chi connectivity index (χ2v) is 2.32. The van der Waals surface area contributed by atoms with Crippen LogP contribution < -0.4 is 11.5 Å². The average Bonchev–Trinajstić information content (AvgIpc) is 1.87. The van der Waals surface area contributed by atoms with Crippen LogP contribution in [0, 0.1) is 0 Å². The van der Waals surface area contributed by atoms with Crippen LogP contribution in [-0.4, -0.2) is 23.9 Å². The minimum absolute atomic E-state index is 0.329. The summed E-state index contributed by atoms with van der Waals surface area (Å²) in [5.74, 6) is -1.43. The van der Waals surface area contributed by atoms with E-state index in [1.54, 1.807) is 0 Å². The molecule has 1 amide bonds. The van der Waals surface area contributed by atoms with E-state index in [1.165, 1.54) is 6.92 Å². The minimum atomic E-state index is -1.83. The van der Waals surface area contributed by atoms with Crippen molar-refractivity contribution < 1.29 is 14.0 Å². The maximum Gasteiger partial charge on any atom is 0.252 e. The van der Waals surface area contributed by atoms with E-state index in [0.717, 1.165) is 0 Å². The first-order chi connectivity index (χ1) is 4.95. The van der Waals surface area contributed by atoms with E-state index in [4.69, 9.17) is 5.73 Å². The van der Waals surface area contributed by atoms with Crippen molar-refractivity contribution in [2.75, 3.05) is 0 Å². The molecule has 4 N–H and O–H groups in total. The van der Waals surface area contributed by atoms with Crippen LogP contribution >= 0.6 is 0 Å². The molecular weight excluding hydrogens is 151 g/mol. The van der Waals surface area contributed by atoms with Crippen molar-refractivity contribution in [2.24, 2.45) is 11.5 Å². The number of carbonyl (C=O) groups excluding carboxylic acids is 2. The van der Waals surface area contributed by atoms with Crippen LogP contribution in [0.25, 0.3) is 0 Å². The Bertz CT molecular complexity index is 154. The van der Waals surface area contributed by atoms with Gasteiger partial charge in [-0.15, -0.1) is 0 Å². The van der Waals surface area contributed by atoms with E-state index in [1.807, 2.05) is 0 Å². The molecule has 0 radical (unpaired) electrons. The highest BCUT2D eigenvalue weighted by Gasteiger charge is 2.19. The molecule has 0 rings (SSSR count). The maximum atomic E-state index is 12.4. The largest absolute Gasteiger partial charge is 0.367 e. The summed E-state index contributed by atoms with van der Waals surface area (Å²) in [5, 5.41) is 0. The van der Waals surface area contributed by atoms with Gasteiger partial charge < -0.3 is 11.5 Å². The van der Waals surface area contributed by atoms with Crippen LogP contribution in [0.5, 0.6) is 0 Å². The fraction of sp³-hybridized carbons (Fsp3) is 0.667. The van der Waals surface area contributed by atoms with Crippen LogP contribution in [0.15, 0.2) is 0 Å². The summed E-state index contributed by atoms with van der Waals surface area (Å²) in [6, 6.07) is -0.933. The molecule has 0 aliphatic rings. The van der Waals surface area contributed by atoms with E-state index in [9.17, 15) is 14.0 Å². The molecular formula is C6H11FN2O2. The van der Waals surface area contributed by atoms with Crippen LogP contribution in [-0.2, 0) is 9.59 Å². The van der Waals surface area contributed by atoms with Crippen LogP contribution in [0.1, 0.15) is 13.3 Å². The average molecular weight is 162 g/mol. The third-order valence-electron chi connectivity index (χ3n) is 1.29. The molecule has 0 heterocycles. The third kappa shape index (κ3) is 3.67. The Hall–Kier alpha value is -0.970. The zero-order chi connectivity index (χ0) is 9.02. The first-order valence-corrected chi connectivity index (χ1v) is 3.14. The monoisotopic (exact) mass is 162 g/mol. The van der Waals surface area contributed by atoms with Gasteiger partial charge in [-0.1, -0.05) is 0 Å². The second kappa shape index (κ2) is 4.02. The molecule has 0 aliphatic carbocycles. The summed E-state index contributed by atoms with van der Waals surface area (Å²) in [6.45, 7) is 1.23. The van der Waals surface area contributed by atoms with E-state index < -0.39 is 18.1 Å². The highest BCUT2D eigenvalue weighted by atomic mass is 19.1. The Morgan fingerprint density at radius 3 is 2.27 bits per heavy atom. The van der Waals surface area contributed by atoms with Crippen LogP contribution in [0.3, 0.4) is 0 Å². The lowest BCUT2D eigenvalue weighted by Crippen LogP contribution is -2.36. The number of halogens is 1. The number of carbonyl (C=O) groups is 2. The lowest BCUT2D eigenvalue weighted by molar-refractivity contribution is -0.124. The van der Waals surface area contributed by atoms with Gasteiger partial charge in [0.05, 0.1) is 6.04 Å². The van der Waals surface area contributed by atoms with E-state index in [-0.39, 0.29) is 12.2 Å². The number of alkyl halides is 1. The molecule has 0 fully saturated rings. The molecule has 0 aliphatic heterocycles. The highest BCUT2D eigenvalue weighted by molar-refractivity contribution is 5.83. The van der Waals surface area contributed by atoms with Crippen molar-refractivity contribution in [2.45, 2.75) is 25.6 Å². The molecule has 0 unspecified atom stereocenters. The molecule has 64 valence electrons. The fourth-order valence-corrected chi connectivity index (χ4v) is 0.505. The Morgan fingerprint density at radius 1 is 1.55 bits per heavy atom. The van der Waals surface area contributed by atoms with Gasteiger partial charge in [-0.05, 0) is 6.92 Å². The van der Waals surface area contributed by atoms with Crippen LogP contribution in [0.4, 0.5) is 4.39 Å². The number of hydrogen-bond acceptors (Lipinski definition) is 3. The normalized spacial score (nSPS) is 15.5. The molecule has 0 spiro atoms. The summed E-state index contributed by atoms with van der Waals surface area (Å²) in [7, 11) is 0. The molecule has 0 aromatic carbocycles. The lowest BCUT2D eigenvalue weighted by Gasteiger charge is -2.08. The Kier molecular flexibility index (Phi) is 3.67. The van der Waals surface area contributed by atoms with Crippen LogP contribution in [0.2, 0.25) is 0 Å². The quantitative estimate of drug-likeness (QED) is 0.562. The van der Waals surface area contributed by atoms with Gasteiger partial charge in [-0.2, -0.15) is 0 Å². The summed E-state index contributed by atoms with van der Waals surface area (Å²) >= 11 is 0. The molecule has 0 saturated heterocycles. The van der Waals surface area contributed by atoms with Gasteiger partial charge in [-0.25, -0.2) is 4.39 Å². The van der Waals surface area contributed by atoms with E-state index in [2.05, 4.69) is 5.73 Å². The number of hydrogen-bond donors (Lipinski definition) is 2.